The predicted octanol–water partition coefficient (Wildman–Crippen LogP) is 5.14. The number of hydrogen-bond donors (Lipinski definition) is 1. The normalized spacial score (nSPS) is 12.9. The van der Waals surface area contributed by atoms with E-state index in [0.717, 1.165) is 17.5 Å². The van der Waals surface area contributed by atoms with Crippen LogP contribution in [-0.2, 0) is 5.41 Å². The Bertz CT molecular complexity index is 594. The molecule has 0 bridgehead atoms. The van der Waals surface area contributed by atoms with Gasteiger partial charge in [-0.1, -0.05) is 71.4 Å². The van der Waals surface area contributed by atoms with Crippen LogP contribution < -0.4 is 5.73 Å². The first-order chi connectivity index (χ1) is 8.79. The Morgan fingerprint density at radius 2 is 1.63 bits per heavy atom. The van der Waals surface area contributed by atoms with Crippen LogP contribution >= 0.6 is 0 Å². The number of benzene rings is 2. The molecule has 102 valence electrons. The van der Waals surface area contributed by atoms with Gasteiger partial charge in [0, 0.05) is 11.1 Å². The summed E-state index contributed by atoms with van der Waals surface area (Å²) in [7, 11) is 0. The van der Waals surface area contributed by atoms with E-state index >= 15 is 0 Å². The van der Waals surface area contributed by atoms with Crippen molar-refractivity contribution < 1.29 is 0 Å². The van der Waals surface area contributed by atoms with Gasteiger partial charge in [-0.15, -0.1) is 0 Å². The molecule has 0 saturated heterocycles. The van der Waals surface area contributed by atoms with Crippen molar-refractivity contribution >= 4 is 16.5 Å². The quantitative estimate of drug-likeness (QED) is 0.755. The molecule has 0 fully saturated rings. The van der Waals surface area contributed by atoms with E-state index in [1.807, 2.05) is 6.07 Å². The smallest absolute Gasteiger partial charge is 0.0396 e. The highest BCUT2D eigenvalue weighted by Gasteiger charge is 2.37. The minimum atomic E-state index is 0.0971. The summed E-state index contributed by atoms with van der Waals surface area (Å²) in [6, 6.07) is 12.8. The third-order valence-electron chi connectivity index (χ3n) is 5.19. The van der Waals surface area contributed by atoms with Crippen molar-refractivity contribution in [3.8, 4) is 0 Å². The molecule has 0 unspecified atom stereocenters. The van der Waals surface area contributed by atoms with Crippen molar-refractivity contribution in [1.82, 2.24) is 0 Å². The SMILES string of the molecule is CCC(C)(C)C(C)(C)c1cc(N)c2ccccc2c1. The summed E-state index contributed by atoms with van der Waals surface area (Å²) in [5.74, 6) is 0. The second-order valence-electron chi connectivity index (χ2n) is 6.65. The maximum atomic E-state index is 6.24. The molecule has 2 aromatic rings. The monoisotopic (exact) mass is 255 g/mol. The van der Waals surface area contributed by atoms with Gasteiger partial charge in [-0.2, -0.15) is 0 Å². The number of anilines is 1. The van der Waals surface area contributed by atoms with Crippen molar-refractivity contribution in [2.45, 2.75) is 46.5 Å². The van der Waals surface area contributed by atoms with E-state index in [1.165, 1.54) is 10.9 Å². The van der Waals surface area contributed by atoms with Crippen LogP contribution in [0.15, 0.2) is 36.4 Å². The molecule has 2 N–H and O–H groups in total. The van der Waals surface area contributed by atoms with Crippen LogP contribution in [0.2, 0.25) is 0 Å². The molecule has 0 spiro atoms. The third kappa shape index (κ3) is 2.22. The lowest BCUT2D eigenvalue weighted by molar-refractivity contribution is 0.189. The molecule has 0 aliphatic heterocycles. The third-order valence-corrected chi connectivity index (χ3v) is 5.19. The lowest BCUT2D eigenvalue weighted by Crippen LogP contribution is -2.36. The van der Waals surface area contributed by atoms with Gasteiger partial charge in [0.05, 0.1) is 0 Å². The van der Waals surface area contributed by atoms with Gasteiger partial charge in [-0.05, 0) is 27.8 Å². The van der Waals surface area contributed by atoms with Crippen LogP contribution in [0.3, 0.4) is 0 Å². The molecule has 0 saturated carbocycles. The summed E-state index contributed by atoms with van der Waals surface area (Å²) in [6.07, 6.45) is 1.15. The lowest BCUT2D eigenvalue weighted by atomic mass is 9.63. The van der Waals surface area contributed by atoms with E-state index < -0.39 is 0 Å². The summed E-state index contributed by atoms with van der Waals surface area (Å²) in [6.45, 7) is 11.6. The number of rotatable bonds is 3. The zero-order chi connectivity index (χ0) is 14.3. The highest BCUT2D eigenvalue weighted by atomic mass is 14.6. The Morgan fingerprint density at radius 3 is 2.26 bits per heavy atom. The molecule has 2 rings (SSSR count). The standard InChI is InChI=1S/C18H25N/c1-6-17(2,3)18(4,5)14-11-13-9-7-8-10-15(13)16(19)12-14/h7-12H,6,19H2,1-5H3. The van der Waals surface area contributed by atoms with Gasteiger partial charge in [0.15, 0.2) is 0 Å². The Kier molecular flexibility index (Phi) is 3.34. The van der Waals surface area contributed by atoms with Gasteiger partial charge in [-0.3, -0.25) is 0 Å². The van der Waals surface area contributed by atoms with Crippen LogP contribution in [0.4, 0.5) is 5.69 Å². The van der Waals surface area contributed by atoms with Gasteiger partial charge < -0.3 is 5.73 Å². The summed E-state index contributed by atoms with van der Waals surface area (Å²) >= 11 is 0. The van der Waals surface area contributed by atoms with Crippen LogP contribution in [0, 0.1) is 5.41 Å². The Balaban J connectivity index is 2.64. The number of nitrogens with two attached hydrogens (primary N) is 1. The van der Waals surface area contributed by atoms with E-state index in [-0.39, 0.29) is 10.8 Å². The number of hydrogen-bond acceptors (Lipinski definition) is 1. The fraction of sp³-hybridized carbons (Fsp3) is 0.444. The van der Waals surface area contributed by atoms with Gasteiger partial charge >= 0.3 is 0 Å². The maximum absolute atomic E-state index is 6.24. The van der Waals surface area contributed by atoms with Gasteiger partial charge in [0.25, 0.3) is 0 Å². The van der Waals surface area contributed by atoms with Crippen LogP contribution in [0.1, 0.15) is 46.6 Å². The summed E-state index contributed by atoms with van der Waals surface area (Å²) in [5.41, 5.74) is 8.79. The molecule has 0 heterocycles. The average Bonchev–Trinajstić information content (AvgIpc) is 2.38. The molecule has 2 aromatic carbocycles. The minimum Gasteiger partial charge on any atom is -0.398 e. The molecule has 0 aliphatic carbocycles. The van der Waals surface area contributed by atoms with E-state index in [4.69, 9.17) is 5.73 Å². The Morgan fingerprint density at radius 1 is 1.00 bits per heavy atom. The summed E-state index contributed by atoms with van der Waals surface area (Å²) < 4.78 is 0. The average molecular weight is 255 g/mol. The maximum Gasteiger partial charge on any atom is 0.0396 e. The van der Waals surface area contributed by atoms with Crippen molar-refractivity contribution in [3.63, 3.8) is 0 Å². The van der Waals surface area contributed by atoms with Crippen molar-refractivity contribution in [3.05, 3.63) is 42.0 Å². The van der Waals surface area contributed by atoms with Gasteiger partial charge in [-0.25, -0.2) is 0 Å². The van der Waals surface area contributed by atoms with Crippen LogP contribution in [0.5, 0.6) is 0 Å². The predicted molar refractivity (Wildman–Crippen MR) is 85.5 cm³/mol. The largest absolute Gasteiger partial charge is 0.398 e. The second-order valence-corrected chi connectivity index (χ2v) is 6.65. The Labute approximate surface area is 116 Å². The molecule has 19 heavy (non-hydrogen) atoms. The van der Waals surface area contributed by atoms with Gasteiger partial charge in [0.2, 0.25) is 0 Å². The fourth-order valence-corrected chi connectivity index (χ4v) is 2.53. The molecular formula is C18H25N. The molecular weight excluding hydrogens is 230 g/mol. The summed E-state index contributed by atoms with van der Waals surface area (Å²) in [5, 5.41) is 2.38. The van der Waals surface area contributed by atoms with Crippen molar-refractivity contribution in [2.24, 2.45) is 5.41 Å². The topological polar surface area (TPSA) is 26.0 Å². The first-order valence-electron chi connectivity index (χ1n) is 7.08. The molecule has 0 atom stereocenters. The van der Waals surface area contributed by atoms with E-state index in [0.29, 0.717) is 0 Å². The Hall–Kier alpha value is -1.50. The van der Waals surface area contributed by atoms with Crippen molar-refractivity contribution in [2.75, 3.05) is 5.73 Å². The first-order valence-corrected chi connectivity index (χ1v) is 7.08. The first kappa shape index (κ1) is 13.9. The highest BCUT2D eigenvalue weighted by molar-refractivity contribution is 5.93. The van der Waals surface area contributed by atoms with E-state index in [2.05, 4.69) is 65.0 Å². The molecule has 0 amide bonds. The van der Waals surface area contributed by atoms with Crippen LogP contribution in [0.25, 0.3) is 10.8 Å². The molecule has 1 heteroatoms. The second kappa shape index (κ2) is 4.56. The van der Waals surface area contributed by atoms with Crippen LogP contribution in [-0.4, -0.2) is 0 Å². The number of fused-ring (bicyclic) bond motifs is 1. The lowest BCUT2D eigenvalue weighted by Gasteiger charge is -2.42. The molecule has 0 aromatic heterocycles. The van der Waals surface area contributed by atoms with E-state index in [9.17, 15) is 0 Å². The molecule has 1 nitrogen and oxygen atoms in total. The zero-order valence-corrected chi connectivity index (χ0v) is 12.7. The number of nitrogen functional groups attached to an aromatic ring is 1. The van der Waals surface area contributed by atoms with Gasteiger partial charge in [0.1, 0.15) is 0 Å². The minimum absolute atomic E-state index is 0.0971. The fourth-order valence-electron chi connectivity index (χ4n) is 2.53. The van der Waals surface area contributed by atoms with Crippen molar-refractivity contribution in [1.29, 1.82) is 0 Å². The van der Waals surface area contributed by atoms with E-state index in [1.54, 1.807) is 0 Å². The highest BCUT2D eigenvalue weighted by Crippen LogP contribution is 2.45. The molecule has 0 aliphatic rings. The zero-order valence-electron chi connectivity index (χ0n) is 12.7. The summed E-state index contributed by atoms with van der Waals surface area (Å²) in [4.78, 5) is 0. The molecule has 0 radical (unpaired) electrons.